The number of ketones is 1. The van der Waals surface area contributed by atoms with Crippen molar-refractivity contribution in [2.24, 2.45) is 0 Å². The van der Waals surface area contributed by atoms with E-state index in [1.165, 1.54) is 37.9 Å². The van der Waals surface area contributed by atoms with Gasteiger partial charge in [-0.1, -0.05) is 78.9 Å². The molecule has 118 valence electrons. The molecule has 5 aromatic rings. The highest BCUT2D eigenvalue weighted by Gasteiger charge is 2.11. The Bertz CT molecular complexity index is 1230. The second kappa shape index (κ2) is 5.15. The first-order chi connectivity index (χ1) is 12.2. The highest BCUT2D eigenvalue weighted by atomic mass is 16.1. The summed E-state index contributed by atoms with van der Waals surface area (Å²) in [5.74, 6) is 0.0990. The Labute approximate surface area is 145 Å². The molecule has 0 fully saturated rings. The predicted octanol–water partition coefficient (Wildman–Crippen LogP) is 6.45. The number of carbonyl (C=O) groups excluding carboxylic acids is 1. The molecular weight excluding hydrogens is 304 g/mol. The Kier molecular flexibility index (Phi) is 2.92. The van der Waals surface area contributed by atoms with Crippen molar-refractivity contribution in [3.05, 3.63) is 84.4 Å². The zero-order valence-corrected chi connectivity index (χ0v) is 13.9. The predicted molar refractivity (Wildman–Crippen MR) is 106 cm³/mol. The van der Waals surface area contributed by atoms with E-state index < -0.39 is 0 Å². The van der Waals surface area contributed by atoms with Gasteiger partial charge < -0.3 is 0 Å². The first-order valence-corrected chi connectivity index (χ1v) is 8.50. The normalized spacial score (nSPS) is 11.6. The maximum atomic E-state index is 11.5. The molecule has 0 spiro atoms. The molecule has 0 heterocycles. The van der Waals surface area contributed by atoms with E-state index in [1.54, 1.807) is 6.92 Å². The van der Waals surface area contributed by atoms with Crippen LogP contribution in [0.25, 0.3) is 43.4 Å². The quantitative estimate of drug-likeness (QED) is 0.270. The van der Waals surface area contributed by atoms with Crippen LogP contribution in [0.15, 0.2) is 78.9 Å². The van der Waals surface area contributed by atoms with Crippen LogP contribution in [0.3, 0.4) is 0 Å². The van der Waals surface area contributed by atoms with Crippen molar-refractivity contribution in [1.29, 1.82) is 0 Å². The lowest BCUT2D eigenvalue weighted by Gasteiger charge is -2.14. The zero-order chi connectivity index (χ0) is 17.0. The van der Waals surface area contributed by atoms with Crippen LogP contribution in [0, 0.1) is 0 Å². The summed E-state index contributed by atoms with van der Waals surface area (Å²) in [5.41, 5.74) is 3.10. The molecule has 0 saturated heterocycles. The number of Topliss-reactive ketones (excluding diaryl/α,β-unsaturated/α-hetero) is 1. The van der Waals surface area contributed by atoms with Crippen LogP contribution in [0.2, 0.25) is 0 Å². The highest BCUT2D eigenvalue weighted by Crippen LogP contribution is 2.39. The summed E-state index contributed by atoms with van der Waals surface area (Å²) in [7, 11) is 0. The summed E-state index contributed by atoms with van der Waals surface area (Å²) in [5, 5.41) is 7.74. The van der Waals surface area contributed by atoms with Crippen molar-refractivity contribution in [2.45, 2.75) is 6.92 Å². The molecule has 0 aliphatic rings. The van der Waals surface area contributed by atoms with Crippen LogP contribution in [0.5, 0.6) is 0 Å². The molecule has 0 saturated carbocycles. The average Bonchev–Trinajstić information content (AvgIpc) is 2.66. The van der Waals surface area contributed by atoms with Crippen LogP contribution in [0.1, 0.15) is 17.3 Å². The van der Waals surface area contributed by atoms with E-state index in [9.17, 15) is 4.79 Å². The number of benzene rings is 5. The Balaban J connectivity index is 1.86. The van der Waals surface area contributed by atoms with Crippen molar-refractivity contribution in [3.8, 4) is 11.1 Å². The molecule has 0 amide bonds. The van der Waals surface area contributed by atoms with Gasteiger partial charge in [-0.15, -0.1) is 0 Å². The van der Waals surface area contributed by atoms with Gasteiger partial charge in [0.15, 0.2) is 5.78 Å². The lowest BCUT2D eigenvalue weighted by molar-refractivity contribution is 0.101. The fourth-order valence-electron chi connectivity index (χ4n) is 3.87. The maximum absolute atomic E-state index is 11.5. The molecular formula is C24H16O. The van der Waals surface area contributed by atoms with Gasteiger partial charge in [-0.05, 0) is 50.4 Å². The lowest BCUT2D eigenvalue weighted by Crippen LogP contribution is -1.91. The summed E-state index contributed by atoms with van der Waals surface area (Å²) in [6.07, 6.45) is 0. The summed E-state index contributed by atoms with van der Waals surface area (Å²) in [4.78, 5) is 11.5. The van der Waals surface area contributed by atoms with Crippen molar-refractivity contribution in [1.82, 2.24) is 0 Å². The van der Waals surface area contributed by atoms with Gasteiger partial charge in [0.25, 0.3) is 0 Å². The second-order valence-electron chi connectivity index (χ2n) is 6.60. The average molecular weight is 320 g/mol. The summed E-state index contributed by atoms with van der Waals surface area (Å²) >= 11 is 0. The highest BCUT2D eigenvalue weighted by molar-refractivity contribution is 6.25. The SMILES string of the molecule is CC(=O)c1ccc(-c2ccc3ccc4cccc5ccc2c3c45)cc1. The second-order valence-corrected chi connectivity index (χ2v) is 6.60. The largest absolute Gasteiger partial charge is 0.295 e. The van der Waals surface area contributed by atoms with E-state index in [4.69, 9.17) is 0 Å². The third kappa shape index (κ3) is 2.06. The van der Waals surface area contributed by atoms with E-state index in [1.807, 2.05) is 24.3 Å². The van der Waals surface area contributed by atoms with Crippen molar-refractivity contribution < 1.29 is 4.79 Å². The van der Waals surface area contributed by atoms with Gasteiger partial charge in [0.1, 0.15) is 0 Å². The molecule has 0 atom stereocenters. The third-order valence-corrected chi connectivity index (χ3v) is 5.13. The van der Waals surface area contributed by atoms with Gasteiger partial charge in [0.05, 0.1) is 0 Å². The Hall–Kier alpha value is -3.19. The van der Waals surface area contributed by atoms with Crippen LogP contribution in [-0.2, 0) is 0 Å². The van der Waals surface area contributed by atoms with Gasteiger partial charge in [-0.2, -0.15) is 0 Å². The van der Waals surface area contributed by atoms with Gasteiger partial charge in [-0.3, -0.25) is 4.79 Å². The summed E-state index contributed by atoms with van der Waals surface area (Å²) in [6.45, 7) is 1.60. The van der Waals surface area contributed by atoms with Crippen LogP contribution in [0.4, 0.5) is 0 Å². The van der Waals surface area contributed by atoms with Crippen molar-refractivity contribution >= 4 is 38.1 Å². The first-order valence-electron chi connectivity index (χ1n) is 8.50. The number of rotatable bonds is 2. The molecule has 0 bridgehead atoms. The summed E-state index contributed by atoms with van der Waals surface area (Å²) in [6, 6.07) is 27.6. The Morgan fingerprint density at radius 3 is 1.92 bits per heavy atom. The molecule has 0 unspecified atom stereocenters. The van der Waals surface area contributed by atoms with Crippen LogP contribution in [-0.4, -0.2) is 5.78 Å². The molecule has 0 aliphatic heterocycles. The lowest BCUT2D eigenvalue weighted by atomic mass is 9.89. The van der Waals surface area contributed by atoms with E-state index in [0.717, 1.165) is 11.1 Å². The monoisotopic (exact) mass is 320 g/mol. The Morgan fingerprint density at radius 2 is 1.24 bits per heavy atom. The topological polar surface area (TPSA) is 17.1 Å². The zero-order valence-electron chi connectivity index (χ0n) is 13.9. The molecule has 1 heteroatoms. The minimum Gasteiger partial charge on any atom is -0.295 e. The standard InChI is InChI=1S/C24H16O/c1-15(25)16-5-7-17(8-6-16)21-13-11-20-10-9-18-3-2-4-19-12-14-22(21)24(20)23(18)19/h2-14H,1H3. The Morgan fingerprint density at radius 1 is 0.640 bits per heavy atom. The van der Waals surface area contributed by atoms with E-state index >= 15 is 0 Å². The van der Waals surface area contributed by atoms with Crippen LogP contribution < -0.4 is 0 Å². The molecule has 5 aromatic carbocycles. The minimum atomic E-state index is 0.0990. The molecule has 25 heavy (non-hydrogen) atoms. The van der Waals surface area contributed by atoms with Gasteiger partial charge in [0, 0.05) is 5.56 Å². The van der Waals surface area contributed by atoms with Crippen LogP contribution >= 0.6 is 0 Å². The molecule has 5 rings (SSSR count). The molecule has 1 nitrogen and oxygen atoms in total. The van der Waals surface area contributed by atoms with Gasteiger partial charge >= 0.3 is 0 Å². The molecule has 0 N–H and O–H groups in total. The summed E-state index contributed by atoms with van der Waals surface area (Å²) < 4.78 is 0. The number of hydrogen-bond donors (Lipinski definition) is 0. The van der Waals surface area contributed by atoms with Crippen molar-refractivity contribution in [2.75, 3.05) is 0 Å². The molecule has 0 radical (unpaired) electrons. The first kappa shape index (κ1) is 14.2. The molecule has 0 aromatic heterocycles. The number of carbonyl (C=O) groups is 1. The van der Waals surface area contributed by atoms with E-state index in [0.29, 0.717) is 0 Å². The van der Waals surface area contributed by atoms with Crippen molar-refractivity contribution in [3.63, 3.8) is 0 Å². The van der Waals surface area contributed by atoms with Gasteiger partial charge in [-0.25, -0.2) is 0 Å². The number of hydrogen-bond acceptors (Lipinski definition) is 1. The fraction of sp³-hybridized carbons (Fsp3) is 0.0417. The smallest absolute Gasteiger partial charge is 0.159 e. The minimum absolute atomic E-state index is 0.0990. The van der Waals surface area contributed by atoms with E-state index in [-0.39, 0.29) is 5.78 Å². The molecule has 0 aliphatic carbocycles. The fourth-order valence-corrected chi connectivity index (χ4v) is 3.87. The van der Waals surface area contributed by atoms with Gasteiger partial charge in [0.2, 0.25) is 0 Å². The van der Waals surface area contributed by atoms with E-state index in [2.05, 4.69) is 54.6 Å². The maximum Gasteiger partial charge on any atom is 0.159 e. The third-order valence-electron chi connectivity index (χ3n) is 5.13.